The Bertz CT molecular complexity index is 1630. The Morgan fingerprint density at radius 1 is 0.710 bits per heavy atom. The average Bonchev–Trinajstić information content (AvgIpc) is 3.31. The van der Waals surface area contributed by atoms with Crippen molar-refractivity contribution >= 4 is 46.6 Å². The van der Waals surface area contributed by atoms with Gasteiger partial charge in [-0.2, -0.15) is 11.8 Å². The van der Waals surface area contributed by atoms with E-state index in [1.807, 2.05) is 58.0 Å². The summed E-state index contributed by atoms with van der Waals surface area (Å²) in [5.74, 6) is 1.89. The second-order valence-electron chi connectivity index (χ2n) is 16.7. The fourth-order valence-electron chi connectivity index (χ4n) is 5.81. The summed E-state index contributed by atoms with van der Waals surface area (Å²) in [5.41, 5.74) is 1.94. The molecule has 0 saturated carbocycles. The Balaban J connectivity index is -0.00000402. The van der Waals surface area contributed by atoms with Crippen molar-refractivity contribution in [3.05, 3.63) is 53.1 Å². The van der Waals surface area contributed by atoms with Crippen LogP contribution in [-0.2, 0) is 59.1 Å². The van der Waals surface area contributed by atoms with E-state index in [0.717, 1.165) is 23.0 Å². The minimum absolute atomic E-state index is 0.0350. The largest absolute Gasteiger partial charge is 0.491 e. The number of rotatable bonds is 30. The van der Waals surface area contributed by atoms with Gasteiger partial charge in [-0.3, -0.25) is 18.6 Å². The van der Waals surface area contributed by atoms with Crippen LogP contribution in [0.4, 0.5) is 0 Å². The molecule has 0 saturated heterocycles. The van der Waals surface area contributed by atoms with Crippen LogP contribution in [0.3, 0.4) is 0 Å². The highest BCUT2D eigenvalue weighted by molar-refractivity contribution is 7.99. The number of amides is 2. The molecule has 0 aromatic heterocycles. The normalized spacial score (nSPS) is 11.5. The van der Waals surface area contributed by atoms with Gasteiger partial charge in [0.1, 0.15) is 30.1 Å². The van der Waals surface area contributed by atoms with Gasteiger partial charge in [-0.15, -0.1) is 0 Å². The molecule has 2 atom stereocenters. The number of esters is 1. The first-order valence-corrected chi connectivity index (χ1v) is 26.8. The molecule has 2 aromatic rings. The van der Waals surface area contributed by atoms with Crippen LogP contribution in [-0.4, -0.2) is 146 Å². The molecule has 0 aliphatic carbocycles. The number of ether oxygens (including phenoxy) is 8. The van der Waals surface area contributed by atoms with Crippen molar-refractivity contribution in [2.45, 2.75) is 114 Å². The second kappa shape index (κ2) is 44.2. The molecular weight excluding hydrogens is 925 g/mol. The molecule has 0 spiro atoms. The summed E-state index contributed by atoms with van der Waals surface area (Å²) >= 11 is 1.59. The van der Waals surface area contributed by atoms with Crippen molar-refractivity contribution < 1.29 is 61.3 Å². The van der Waals surface area contributed by atoms with Crippen LogP contribution in [0.1, 0.15) is 125 Å². The minimum atomic E-state index is -1.31. The monoisotopic (exact) mass is 1020 g/mol. The van der Waals surface area contributed by atoms with Gasteiger partial charge in [0, 0.05) is 92.0 Å². The van der Waals surface area contributed by atoms with Gasteiger partial charge in [-0.25, -0.2) is 0 Å². The zero-order chi connectivity index (χ0) is 53.1. The Hall–Kier alpha value is -3.74. The maximum absolute atomic E-state index is 13.1. The lowest BCUT2D eigenvalue weighted by Crippen LogP contribution is -2.33. The molecule has 0 heterocycles. The first-order valence-electron chi connectivity index (χ1n) is 24.1. The predicted molar refractivity (Wildman–Crippen MR) is 283 cm³/mol. The van der Waals surface area contributed by atoms with Gasteiger partial charge < -0.3 is 53.3 Å². The first kappa shape index (κ1) is 69.5. The van der Waals surface area contributed by atoms with Crippen LogP contribution in [0.2, 0.25) is 0 Å². The van der Waals surface area contributed by atoms with E-state index in [1.165, 1.54) is 13.5 Å². The lowest BCUT2D eigenvalue weighted by atomic mass is 9.71. The van der Waals surface area contributed by atoms with Crippen molar-refractivity contribution in [3.8, 4) is 17.2 Å². The highest BCUT2D eigenvalue weighted by Gasteiger charge is 2.33. The second-order valence-corrected chi connectivity index (χ2v) is 19.6. The number of thioether (sulfide) groups is 1. The van der Waals surface area contributed by atoms with Gasteiger partial charge >= 0.3 is 5.97 Å². The van der Waals surface area contributed by atoms with E-state index in [0.29, 0.717) is 81.4 Å². The van der Waals surface area contributed by atoms with E-state index in [4.69, 9.17) is 28.4 Å². The van der Waals surface area contributed by atoms with Crippen LogP contribution >= 0.6 is 11.8 Å². The molecule has 2 amide bonds. The van der Waals surface area contributed by atoms with Crippen LogP contribution in [0.25, 0.3) is 0 Å². The summed E-state index contributed by atoms with van der Waals surface area (Å²) in [6, 6.07) is 11.7. The highest BCUT2D eigenvalue weighted by Crippen LogP contribution is 2.48. The molecular formula is C52H92N2O13S2. The maximum atomic E-state index is 13.1. The number of methoxy groups -OCH3 is 3. The van der Waals surface area contributed by atoms with Gasteiger partial charge in [0.25, 0.3) is 11.8 Å². The highest BCUT2D eigenvalue weighted by atomic mass is 32.2. The summed E-state index contributed by atoms with van der Waals surface area (Å²) in [4.78, 5) is 47.9. The minimum Gasteiger partial charge on any atom is -0.491 e. The van der Waals surface area contributed by atoms with Crippen LogP contribution in [0, 0.1) is 5.41 Å². The molecule has 2 unspecified atom stereocenters. The molecule has 0 fully saturated rings. The van der Waals surface area contributed by atoms with E-state index < -0.39 is 28.1 Å². The molecule has 2 N–H and O–H groups in total. The van der Waals surface area contributed by atoms with Crippen molar-refractivity contribution in [2.75, 3.05) is 117 Å². The van der Waals surface area contributed by atoms with Crippen LogP contribution in [0.15, 0.2) is 36.4 Å². The third-order valence-corrected chi connectivity index (χ3v) is 11.0. The molecule has 15 nitrogen and oxygen atoms in total. The Kier molecular flexibility index (Phi) is 44.6. The van der Waals surface area contributed by atoms with Gasteiger partial charge in [0.05, 0.1) is 46.6 Å². The smallest absolute Gasteiger partial charge is 0.306 e. The number of aldehydes is 1. The van der Waals surface area contributed by atoms with Crippen molar-refractivity contribution in [2.24, 2.45) is 5.41 Å². The number of carbonyl (C=O) groups is 4. The van der Waals surface area contributed by atoms with Gasteiger partial charge in [-0.05, 0) is 40.3 Å². The summed E-state index contributed by atoms with van der Waals surface area (Å²) < 4.78 is 55.6. The third kappa shape index (κ3) is 35.1. The number of hydrogen-bond acceptors (Lipinski definition) is 14. The van der Waals surface area contributed by atoms with E-state index in [-0.39, 0.29) is 54.9 Å². The predicted octanol–water partition coefficient (Wildman–Crippen LogP) is 8.58. The number of hydrogen-bond donors (Lipinski definition) is 2. The molecule has 400 valence electrons. The standard InChI is InChI=1S/C43H66N2O12S2.C3H8.C2H6O.2C2H6/c1-42(2,3)35-28-34(41(43(4,5)6)32-10-12-33(13-11-32)55-23-22-54-21-20-53-19-18-51-7)36(29-37(35)57-31-38(47)44-15-25-58-24-9-17-46)56-30-39(48)45-16-27-59(50)26-14-40(49)52-8;2*1-3-2;2*1-2/h10-13,17,28-29,41H,9,14-16,18-27,30-31H2,1-8H3,(H,44,47)(H,45,48);3H2,1-2H3;1-2H3;2*1-2H3. The van der Waals surface area contributed by atoms with E-state index in [2.05, 4.69) is 75.5 Å². The fraction of sp³-hybridized carbons (Fsp3) is 0.692. The molecule has 2 aromatic carbocycles. The SMILES string of the molecule is CC.CC.CCC.COC.COCCOCCOCCOc1ccc(C(c2cc(C(C)(C)C)c(OCC(=O)NCCSCCC=O)cc2OCC(=O)NCCS(=O)CCC(=O)OC)C(C)(C)C)cc1. The van der Waals surface area contributed by atoms with Gasteiger partial charge in [0.2, 0.25) is 0 Å². The number of nitrogens with one attached hydrogen (secondary N) is 2. The Morgan fingerprint density at radius 3 is 1.74 bits per heavy atom. The van der Waals surface area contributed by atoms with Crippen molar-refractivity contribution in [3.63, 3.8) is 0 Å². The fourth-order valence-corrected chi connectivity index (χ4v) is 7.45. The molecule has 17 heteroatoms. The van der Waals surface area contributed by atoms with Gasteiger partial charge in [0.15, 0.2) is 13.2 Å². The summed E-state index contributed by atoms with van der Waals surface area (Å²) in [7, 11) is 4.84. The zero-order valence-electron chi connectivity index (χ0n) is 45.3. The molecule has 69 heavy (non-hydrogen) atoms. The van der Waals surface area contributed by atoms with Crippen molar-refractivity contribution in [1.29, 1.82) is 0 Å². The summed E-state index contributed by atoms with van der Waals surface area (Å²) in [5, 5.41) is 5.62. The van der Waals surface area contributed by atoms with E-state index in [1.54, 1.807) is 39.2 Å². The maximum Gasteiger partial charge on any atom is 0.306 e. The number of benzene rings is 2. The Labute approximate surface area is 423 Å². The molecule has 0 bridgehead atoms. The summed E-state index contributed by atoms with van der Waals surface area (Å²) in [6.45, 7) is 27.7. The molecule has 0 aliphatic heterocycles. The lowest BCUT2D eigenvalue weighted by Gasteiger charge is -2.35. The van der Waals surface area contributed by atoms with Crippen LogP contribution in [0.5, 0.6) is 17.2 Å². The van der Waals surface area contributed by atoms with Crippen molar-refractivity contribution in [1.82, 2.24) is 10.6 Å². The topological polar surface area (TPSA) is 183 Å². The third-order valence-electron chi connectivity index (χ3n) is 8.69. The zero-order valence-corrected chi connectivity index (χ0v) is 46.9. The molecule has 0 aliphatic rings. The average molecular weight is 1020 g/mol. The number of carbonyl (C=O) groups excluding carboxylic acids is 4. The summed E-state index contributed by atoms with van der Waals surface area (Å²) in [6.07, 6.45) is 2.63. The van der Waals surface area contributed by atoms with Crippen LogP contribution < -0.4 is 24.8 Å². The van der Waals surface area contributed by atoms with Gasteiger partial charge in [-0.1, -0.05) is 102 Å². The lowest BCUT2D eigenvalue weighted by molar-refractivity contribution is -0.140. The first-order chi connectivity index (χ1) is 32.9. The van der Waals surface area contributed by atoms with E-state index >= 15 is 0 Å². The Morgan fingerprint density at radius 2 is 1.23 bits per heavy atom. The van der Waals surface area contributed by atoms with E-state index in [9.17, 15) is 23.4 Å². The molecule has 0 radical (unpaired) electrons. The molecule has 2 rings (SSSR count). The quantitative estimate of drug-likeness (QED) is 0.0431.